The summed E-state index contributed by atoms with van der Waals surface area (Å²) in [5.74, 6) is -0.998. The van der Waals surface area contributed by atoms with E-state index in [1.54, 1.807) is 0 Å². The van der Waals surface area contributed by atoms with Gasteiger partial charge in [0, 0.05) is 5.41 Å². The van der Waals surface area contributed by atoms with Gasteiger partial charge in [0.15, 0.2) is 0 Å². The Kier molecular flexibility index (Phi) is 3.07. The Morgan fingerprint density at radius 3 is 2.53 bits per heavy atom. The molecule has 1 aliphatic rings. The van der Waals surface area contributed by atoms with E-state index in [4.69, 9.17) is 9.94 Å². The molecule has 0 aromatic heterocycles. The molecular formula is C11H19NO3. The maximum atomic E-state index is 10.8. The van der Waals surface area contributed by atoms with Crippen molar-refractivity contribution in [1.82, 2.24) is 0 Å². The smallest absolute Gasteiger partial charge is 0.350 e. The lowest BCUT2D eigenvalue weighted by atomic mass is 9.90. The summed E-state index contributed by atoms with van der Waals surface area (Å²) in [5.41, 5.74) is -0.225. The highest BCUT2D eigenvalue weighted by Gasteiger charge is 2.34. The minimum absolute atomic E-state index is 0.0502. The van der Waals surface area contributed by atoms with E-state index in [9.17, 15) is 4.79 Å². The lowest BCUT2D eigenvalue weighted by Crippen LogP contribution is -2.33. The van der Waals surface area contributed by atoms with Gasteiger partial charge in [0.25, 0.3) is 0 Å². The number of carbonyl (C=O) groups is 1. The molecule has 0 atom stereocenters. The lowest BCUT2D eigenvalue weighted by molar-refractivity contribution is -0.161. The number of carboxylic acids is 1. The van der Waals surface area contributed by atoms with E-state index in [1.165, 1.54) is 13.8 Å². The topological polar surface area (TPSA) is 58.9 Å². The number of hydrogen-bond acceptors (Lipinski definition) is 3. The van der Waals surface area contributed by atoms with E-state index in [1.807, 2.05) is 0 Å². The van der Waals surface area contributed by atoms with Crippen molar-refractivity contribution in [3.8, 4) is 0 Å². The van der Waals surface area contributed by atoms with Crippen LogP contribution in [0.2, 0.25) is 0 Å². The Bertz CT molecular complexity index is 292. The van der Waals surface area contributed by atoms with E-state index in [0.717, 1.165) is 25.0 Å². The summed E-state index contributed by atoms with van der Waals surface area (Å²) in [6.45, 7) is 7.22. The van der Waals surface area contributed by atoms with Gasteiger partial charge in [-0.3, -0.25) is 0 Å². The van der Waals surface area contributed by atoms with Crippen molar-refractivity contribution in [2.75, 3.05) is 0 Å². The zero-order valence-electron chi connectivity index (χ0n) is 9.83. The average molecular weight is 213 g/mol. The zero-order valence-corrected chi connectivity index (χ0v) is 9.83. The first kappa shape index (κ1) is 12.0. The standard InChI is InChI=1S/C11H19NO3/c1-10(2)7-5-6-8(10)12-15-11(3,4)9(13)14/h5-7H2,1-4H3,(H,13,14)/b12-8+. The molecule has 1 N–H and O–H groups in total. The van der Waals surface area contributed by atoms with E-state index in [2.05, 4.69) is 19.0 Å². The second-order valence-electron chi connectivity index (χ2n) is 5.18. The molecule has 0 aromatic rings. The van der Waals surface area contributed by atoms with Crippen LogP contribution < -0.4 is 0 Å². The monoisotopic (exact) mass is 213 g/mol. The molecule has 1 aliphatic carbocycles. The number of oxime groups is 1. The van der Waals surface area contributed by atoms with Gasteiger partial charge in [0.1, 0.15) is 0 Å². The summed E-state index contributed by atoms with van der Waals surface area (Å²) in [5, 5.41) is 12.9. The van der Waals surface area contributed by atoms with Crippen LogP contribution in [0.1, 0.15) is 47.0 Å². The molecule has 0 unspecified atom stereocenters. The van der Waals surface area contributed by atoms with Crippen LogP contribution in [-0.2, 0) is 9.63 Å². The molecule has 86 valence electrons. The maximum absolute atomic E-state index is 10.8. The number of nitrogens with zero attached hydrogens (tertiary/aromatic N) is 1. The number of carboxylic acid groups (broad SMARTS) is 1. The van der Waals surface area contributed by atoms with Gasteiger partial charge in [-0.25, -0.2) is 4.79 Å². The van der Waals surface area contributed by atoms with E-state index < -0.39 is 11.6 Å². The Hall–Kier alpha value is -1.06. The molecule has 0 amide bonds. The third kappa shape index (κ3) is 2.70. The third-order valence-electron chi connectivity index (χ3n) is 2.90. The molecule has 0 aliphatic heterocycles. The summed E-state index contributed by atoms with van der Waals surface area (Å²) >= 11 is 0. The van der Waals surface area contributed by atoms with Crippen LogP contribution in [-0.4, -0.2) is 22.4 Å². The first-order chi connectivity index (χ1) is 6.76. The highest BCUT2D eigenvalue weighted by molar-refractivity contribution is 5.91. The molecule has 0 spiro atoms. The van der Waals surface area contributed by atoms with Gasteiger partial charge in [0.05, 0.1) is 5.71 Å². The van der Waals surface area contributed by atoms with Crippen molar-refractivity contribution in [1.29, 1.82) is 0 Å². The third-order valence-corrected chi connectivity index (χ3v) is 2.90. The molecule has 1 fully saturated rings. The molecule has 0 radical (unpaired) electrons. The quantitative estimate of drug-likeness (QED) is 0.732. The fourth-order valence-electron chi connectivity index (χ4n) is 1.56. The molecule has 4 heteroatoms. The fraction of sp³-hybridized carbons (Fsp3) is 0.818. The normalized spacial score (nSPS) is 23.1. The van der Waals surface area contributed by atoms with Crippen molar-refractivity contribution >= 4 is 11.7 Å². The first-order valence-electron chi connectivity index (χ1n) is 5.25. The number of hydrogen-bond donors (Lipinski definition) is 1. The lowest BCUT2D eigenvalue weighted by Gasteiger charge is -2.21. The zero-order chi connectivity index (χ0) is 11.7. The van der Waals surface area contributed by atoms with Gasteiger partial charge in [-0.1, -0.05) is 19.0 Å². The second kappa shape index (κ2) is 3.83. The van der Waals surface area contributed by atoms with Crippen LogP contribution in [0.3, 0.4) is 0 Å². The molecule has 0 aromatic carbocycles. The van der Waals surface area contributed by atoms with Gasteiger partial charge in [-0.2, -0.15) is 0 Å². The van der Waals surface area contributed by atoms with Crippen molar-refractivity contribution in [3.05, 3.63) is 0 Å². The Balaban J connectivity index is 2.70. The Morgan fingerprint density at radius 2 is 2.13 bits per heavy atom. The highest BCUT2D eigenvalue weighted by Crippen LogP contribution is 2.34. The first-order valence-corrected chi connectivity index (χ1v) is 5.25. The number of rotatable bonds is 3. The van der Waals surface area contributed by atoms with Crippen LogP contribution in [0.5, 0.6) is 0 Å². The average Bonchev–Trinajstić information content (AvgIpc) is 2.41. The van der Waals surface area contributed by atoms with Crippen LogP contribution in [0.15, 0.2) is 5.16 Å². The van der Waals surface area contributed by atoms with E-state index in [0.29, 0.717) is 0 Å². The van der Waals surface area contributed by atoms with Crippen molar-refractivity contribution < 1.29 is 14.7 Å². The van der Waals surface area contributed by atoms with E-state index >= 15 is 0 Å². The Morgan fingerprint density at radius 1 is 1.53 bits per heavy atom. The minimum atomic E-state index is -1.24. The second-order valence-corrected chi connectivity index (χ2v) is 5.18. The SMILES string of the molecule is CC(C)(O/N=C1\CCCC1(C)C)C(=O)O. The van der Waals surface area contributed by atoms with Gasteiger partial charge in [0.2, 0.25) is 5.60 Å². The molecule has 15 heavy (non-hydrogen) atoms. The molecule has 4 nitrogen and oxygen atoms in total. The summed E-state index contributed by atoms with van der Waals surface area (Å²) in [4.78, 5) is 15.9. The molecule has 1 saturated carbocycles. The van der Waals surface area contributed by atoms with Crippen LogP contribution in [0, 0.1) is 5.41 Å². The fourth-order valence-corrected chi connectivity index (χ4v) is 1.56. The largest absolute Gasteiger partial charge is 0.478 e. The predicted octanol–water partition coefficient (Wildman–Crippen LogP) is 2.43. The molecular weight excluding hydrogens is 194 g/mol. The van der Waals surface area contributed by atoms with Gasteiger partial charge in [-0.15, -0.1) is 0 Å². The summed E-state index contributed by atoms with van der Waals surface area (Å²) < 4.78 is 0. The minimum Gasteiger partial charge on any atom is -0.478 e. The molecule has 0 saturated heterocycles. The van der Waals surface area contributed by atoms with Gasteiger partial charge >= 0.3 is 5.97 Å². The van der Waals surface area contributed by atoms with Crippen molar-refractivity contribution in [2.45, 2.75) is 52.6 Å². The van der Waals surface area contributed by atoms with E-state index in [-0.39, 0.29) is 5.41 Å². The van der Waals surface area contributed by atoms with Crippen molar-refractivity contribution in [2.24, 2.45) is 10.6 Å². The highest BCUT2D eigenvalue weighted by atomic mass is 16.7. The number of aliphatic carboxylic acids is 1. The molecule has 0 bridgehead atoms. The van der Waals surface area contributed by atoms with Crippen LogP contribution in [0.4, 0.5) is 0 Å². The maximum Gasteiger partial charge on any atom is 0.350 e. The summed E-state index contributed by atoms with van der Waals surface area (Å²) in [7, 11) is 0. The molecule has 1 rings (SSSR count). The summed E-state index contributed by atoms with van der Waals surface area (Å²) in [6.07, 6.45) is 3.09. The Labute approximate surface area is 90.3 Å². The summed E-state index contributed by atoms with van der Waals surface area (Å²) in [6, 6.07) is 0. The van der Waals surface area contributed by atoms with Crippen LogP contribution in [0.25, 0.3) is 0 Å². The van der Waals surface area contributed by atoms with Crippen molar-refractivity contribution in [3.63, 3.8) is 0 Å². The van der Waals surface area contributed by atoms with Gasteiger partial charge in [-0.05, 0) is 33.1 Å². The van der Waals surface area contributed by atoms with Crippen LogP contribution >= 0.6 is 0 Å². The van der Waals surface area contributed by atoms with Gasteiger partial charge < -0.3 is 9.94 Å². The molecule has 0 heterocycles. The predicted molar refractivity (Wildman–Crippen MR) is 57.9 cm³/mol.